The van der Waals surface area contributed by atoms with Gasteiger partial charge in [0.05, 0.1) is 11.7 Å². The summed E-state index contributed by atoms with van der Waals surface area (Å²) in [6.07, 6.45) is -5.41. The van der Waals surface area contributed by atoms with E-state index in [9.17, 15) is 18.3 Å². The highest BCUT2D eigenvalue weighted by Crippen LogP contribution is 2.33. The molecule has 120 valence electrons. The highest BCUT2D eigenvalue weighted by atomic mass is 32.2. The van der Waals surface area contributed by atoms with Gasteiger partial charge in [-0.3, -0.25) is 0 Å². The summed E-state index contributed by atoms with van der Waals surface area (Å²) in [4.78, 5) is 0. The number of hydrogen-bond acceptors (Lipinski definition) is 6. The van der Waals surface area contributed by atoms with E-state index >= 15 is 0 Å². The molecule has 1 unspecified atom stereocenters. The first kappa shape index (κ1) is 17.0. The standard InChI is InChI=1S/C13H14F3N3OS2/c1-2-17-11-18-19-12(22-11)21-7-10(20)8-4-3-5-9(6-8)13(14,15)16/h3-6,10,20H,2,7H2,1H3,(H,17,18). The average Bonchev–Trinajstić information content (AvgIpc) is 2.92. The van der Waals surface area contributed by atoms with Crippen LogP contribution in [0.5, 0.6) is 0 Å². The van der Waals surface area contributed by atoms with Gasteiger partial charge in [-0.1, -0.05) is 35.2 Å². The van der Waals surface area contributed by atoms with E-state index in [1.807, 2.05) is 6.92 Å². The van der Waals surface area contributed by atoms with Crippen LogP contribution >= 0.6 is 23.1 Å². The molecule has 1 atom stereocenters. The molecule has 0 fully saturated rings. The number of anilines is 1. The average molecular weight is 349 g/mol. The van der Waals surface area contributed by atoms with Crippen LogP contribution in [-0.4, -0.2) is 27.6 Å². The van der Waals surface area contributed by atoms with Crippen LogP contribution in [0, 0.1) is 0 Å². The number of alkyl halides is 3. The molecule has 0 aliphatic rings. The van der Waals surface area contributed by atoms with Gasteiger partial charge in [0.15, 0.2) is 4.34 Å². The van der Waals surface area contributed by atoms with Gasteiger partial charge in [-0.05, 0) is 24.6 Å². The van der Waals surface area contributed by atoms with Crippen LogP contribution in [0.15, 0.2) is 28.6 Å². The molecule has 0 aliphatic carbocycles. The first-order valence-electron chi connectivity index (χ1n) is 6.45. The molecule has 0 saturated carbocycles. The predicted molar refractivity (Wildman–Crippen MR) is 81.2 cm³/mol. The molecular formula is C13H14F3N3OS2. The van der Waals surface area contributed by atoms with E-state index in [0.29, 0.717) is 9.47 Å². The zero-order valence-corrected chi connectivity index (χ0v) is 13.2. The molecule has 1 aromatic heterocycles. The second-order valence-electron chi connectivity index (χ2n) is 4.35. The van der Waals surface area contributed by atoms with Crippen molar-refractivity contribution in [3.63, 3.8) is 0 Å². The van der Waals surface area contributed by atoms with Crippen LogP contribution in [0.3, 0.4) is 0 Å². The van der Waals surface area contributed by atoms with Crippen molar-refractivity contribution in [2.75, 3.05) is 17.6 Å². The van der Waals surface area contributed by atoms with Crippen LogP contribution in [0.4, 0.5) is 18.3 Å². The van der Waals surface area contributed by atoms with E-state index < -0.39 is 17.8 Å². The third-order valence-corrected chi connectivity index (χ3v) is 4.79. The Morgan fingerprint density at radius 2 is 2.14 bits per heavy atom. The Morgan fingerprint density at radius 1 is 1.36 bits per heavy atom. The topological polar surface area (TPSA) is 58.0 Å². The Bertz CT molecular complexity index is 619. The van der Waals surface area contributed by atoms with Gasteiger partial charge in [0.2, 0.25) is 5.13 Å². The van der Waals surface area contributed by atoms with Crippen LogP contribution < -0.4 is 5.32 Å². The lowest BCUT2D eigenvalue weighted by Crippen LogP contribution is -2.07. The lowest BCUT2D eigenvalue weighted by atomic mass is 10.1. The Labute approximate surface area is 133 Å². The molecule has 1 heterocycles. The minimum absolute atomic E-state index is 0.210. The number of aromatic nitrogens is 2. The third kappa shape index (κ3) is 4.59. The third-order valence-electron chi connectivity index (χ3n) is 2.70. The molecular weight excluding hydrogens is 335 g/mol. The van der Waals surface area contributed by atoms with Gasteiger partial charge in [-0.2, -0.15) is 13.2 Å². The van der Waals surface area contributed by atoms with Crippen molar-refractivity contribution in [2.24, 2.45) is 0 Å². The molecule has 1 aromatic carbocycles. The Morgan fingerprint density at radius 3 is 2.82 bits per heavy atom. The van der Waals surface area contributed by atoms with Crippen molar-refractivity contribution >= 4 is 28.2 Å². The van der Waals surface area contributed by atoms with Crippen molar-refractivity contribution in [2.45, 2.75) is 23.5 Å². The van der Waals surface area contributed by atoms with Gasteiger partial charge in [0, 0.05) is 12.3 Å². The van der Waals surface area contributed by atoms with Crippen LogP contribution in [-0.2, 0) is 6.18 Å². The first-order chi connectivity index (χ1) is 10.4. The number of hydrogen-bond donors (Lipinski definition) is 2. The smallest absolute Gasteiger partial charge is 0.388 e. The fraction of sp³-hybridized carbons (Fsp3) is 0.385. The van der Waals surface area contributed by atoms with Crippen LogP contribution in [0.25, 0.3) is 0 Å². The normalized spacial score (nSPS) is 13.1. The number of rotatable bonds is 6. The van der Waals surface area contributed by atoms with Gasteiger partial charge in [0.25, 0.3) is 0 Å². The van der Waals surface area contributed by atoms with Crippen molar-refractivity contribution < 1.29 is 18.3 Å². The van der Waals surface area contributed by atoms with E-state index in [0.717, 1.165) is 18.7 Å². The zero-order valence-electron chi connectivity index (χ0n) is 11.6. The number of aliphatic hydroxyl groups excluding tert-OH is 1. The van der Waals surface area contributed by atoms with E-state index in [4.69, 9.17) is 0 Å². The molecule has 9 heteroatoms. The summed E-state index contributed by atoms with van der Waals surface area (Å²) < 4.78 is 38.6. The summed E-state index contributed by atoms with van der Waals surface area (Å²) in [5.74, 6) is 0.210. The largest absolute Gasteiger partial charge is 0.416 e. The maximum absolute atomic E-state index is 12.6. The van der Waals surface area contributed by atoms with Crippen molar-refractivity contribution in [1.29, 1.82) is 0 Å². The molecule has 0 spiro atoms. The monoisotopic (exact) mass is 349 g/mol. The summed E-state index contributed by atoms with van der Waals surface area (Å²) in [5, 5.41) is 21.6. The number of benzene rings is 1. The van der Waals surface area contributed by atoms with Gasteiger partial charge < -0.3 is 10.4 Å². The van der Waals surface area contributed by atoms with E-state index in [2.05, 4.69) is 15.5 Å². The molecule has 0 bridgehead atoms. The minimum atomic E-state index is -4.41. The van der Waals surface area contributed by atoms with Crippen molar-refractivity contribution in [3.05, 3.63) is 35.4 Å². The lowest BCUT2D eigenvalue weighted by molar-refractivity contribution is -0.137. The summed E-state index contributed by atoms with van der Waals surface area (Å²) in [7, 11) is 0. The fourth-order valence-electron chi connectivity index (χ4n) is 1.66. The minimum Gasteiger partial charge on any atom is -0.388 e. The van der Waals surface area contributed by atoms with E-state index in [1.165, 1.54) is 35.2 Å². The Kier molecular flexibility index (Phi) is 5.65. The van der Waals surface area contributed by atoms with Crippen molar-refractivity contribution in [1.82, 2.24) is 10.2 Å². The Hall–Kier alpha value is -1.32. The summed E-state index contributed by atoms with van der Waals surface area (Å²) in [6.45, 7) is 2.66. The van der Waals surface area contributed by atoms with Crippen molar-refractivity contribution in [3.8, 4) is 0 Å². The second kappa shape index (κ2) is 7.30. The molecule has 22 heavy (non-hydrogen) atoms. The van der Waals surface area contributed by atoms with Crippen LogP contribution in [0.1, 0.15) is 24.2 Å². The number of nitrogens with zero attached hydrogens (tertiary/aromatic N) is 2. The second-order valence-corrected chi connectivity index (χ2v) is 6.60. The quantitative estimate of drug-likeness (QED) is 0.777. The maximum atomic E-state index is 12.6. The highest BCUT2D eigenvalue weighted by Gasteiger charge is 2.30. The molecule has 0 aliphatic heterocycles. The molecule has 2 aromatic rings. The molecule has 0 saturated heterocycles. The molecule has 4 nitrogen and oxygen atoms in total. The number of aliphatic hydroxyl groups is 1. The number of thioether (sulfide) groups is 1. The fourth-order valence-corrected chi connectivity index (χ4v) is 3.47. The van der Waals surface area contributed by atoms with Gasteiger partial charge in [0.1, 0.15) is 0 Å². The molecule has 2 N–H and O–H groups in total. The summed E-state index contributed by atoms with van der Waals surface area (Å²) in [5.41, 5.74) is -0.529. The summed E-state index contributed by atoms with van der Waals surface area (Å²) in [6, 6.07) is 4.72. The lowest BCUT2D eigenvalue weighted by Gasteiger charge is -2.12. The zero-order chi connectivity index (χ0) is 16.2. The Balaban J connectivity index is 1.98. The summed E-state index contributed by atoms with van der Waals surface area (Å²) >= 11 is 2.60. The van der Waals surface area contributed by atoms with E-state index in [-0.39, 0.29) is 11.3 Å². The predicted octanol–water partition coefficient (Wildman–Crippen LogP) is 3.81. The molecule has 0 amide bonds. The van der Waals surface area contributed by atoms with E-state index in [1.54, 1.807) is 0 Å². The molecule has 2 rings (SSSR count). The SMILES string of the molecule is CCNc1nnc(SCC(O)c2cccc(C(F)(F)F)c2)s1. The highest BCUT2D eigenvalue weighted by molar-refractivity contribution is 8.01. The maximum Gasteiger partial charge on any atom is 0.416 e. The number of halogens is 3. The van der Waals surface area contributed by atoms with Crippen LogP contribution in [0.2, 0.25) is 0 Å². The molecule has 0 radical (unpaired) electrons. The van der Waals surface area contributed by atoms with Gasteiger partial charge in [-0.25, -0.2) is 0 Å². The first-order valence-corrected chi connectivity index (χ1v) is 8.25. The van der Waals surface area contributed by atoms with Gasteiger partial charge in [-0.15, -0.1) is 10.2 Å². The number of nitrogens with one attached hydrogen (secondary N) is 1. The van der Waals surface area contributed by atoms with Gasteiger partial charge >= 0.3 is 6.18 Å².